The van der Waals surface area contributed by atoms with Crippen LogP contribution in [0.15, 0.2) is 174 Å². The molecule has 4 N–H and O–H groups in total. The molecule has 5 aromatic carbocycles. The summed E-state index contributed by atoms with van der Waals surface area (Å²) in [5, 5.41) is 43.0. The van der Waals surface area contributed by atoms with Gasteiger partial charge in [0, 0.05) is 46.1 Å². The Morgan fingerprint density at radius 1 is 0.678 bits per heavy atom. The number of benzene rings is 5. The van der Waals surface area contributed by atoms with Gasteiger partial charge in [-0.25, -0.2) is 15.0 Å². The summed E-state index contributed by atoms with van der Waals surface area (Å²) in [4.78, 5) is 9.12. The molecular weight excluding hydrogens is 714 g/mol. The number of pyridine rings is 2. The van der Waals surface area contributed by atoms with Crippen molar-refractivity contribution >= 4 is 28.0 Å². The Bertz CT molecular complexity index is 2580. The molecule has 1 aliphatic carbocycles. The van der Waals surface area contributed by atoms with Gasteiger partial charge in [0.25, 0.3) is 5.89 Å². The molecule has 2 unspecified atom stereocenters. The van der Waals surface area contributed by atoms with Crippen molar-refractivity contribution in [2.24, 2.45) is 0 Å². The van der Waals surface area contributed by atoms with Gasteiger partial charge in [0.15, 0.2) is 24.1 Å². The van der Waals surface area contributed by atoms with Crippen LogP contribution < -0.4 is 111 Å². The van der Waals surface area contributed by atoms with Gasteiger partial charge in [-0.1, -0.05) is 84.7 Å². The van der Waals surface area contributed by atoms with Crippen LogP contribution in [-0.2, 0) is 0 Å². The number of hydrogen-bond donors (Lipinski definition) is 1. The Balaban J connectivity index is 0.000000208. The number of nitrogens with one attached hydrogen (secondary N) is 4. The Morgan fingerprint density at radius 3 is 2.08 bits per heavy atom. The first-order chi connectivity index (χ1) is 26.9. The van der Waals surface area contributed by atoms with Crippen molar-refractivity contribution in [2.75, 3.05) is 0 Å². The molecule has 0 bridgehead atoms. The molecule has 3 aromatic heterocycles. The Morgan fingerprint density at radius 2 is 1.36 bits per heavy atom. The molecule has 10 rings (SSSR count). The quantitative estimate of drug-likeness (QED) is 0.138. The third-order valence-electron chi connectivity index (χ3n) is 9.00. The van der Waals surface area contributed by atoms with Gasteiger partial charge >= 0.3 is 81.3 Å². The number of aryl methyl sites for hydroxylation is 1. The van der Waals surface area contributed by atoms with E-state index in [0.717, 1.165) is 27.6 Å². The summed E-state index contributed by atoms with van der Waals surface area (Å²) in [7, 11) is 0. The van der Waals surface area contributed by atoms with Crippen LogP contribution in [0.3, 0.4) is 0 Å². The van der Waals surface area contributed by atoms with Gasteiger partial charge < -0.3 is 19.7 Å². The summed E-state index contributed by atoms with van der Waals surface area (Å²) in [5.74, 6) is 1.64. The maximum Gasteiger partial charge on any atom is 1.00 e. The van der Waals surface area contributed by atoms with Gasteiger partial charge in [-0.15, -0.1) is 35.4 Å². The van der Waals surface area contributed by atoms with E-state index in [1.165, 1.54) is 11.1 Å². The molecule has 0 saturated heterocycles. The summed E-state index contributed by atoms with van der Waals surface area (Å²) in [6.45, 7) is 1.94. The van der Waals surface area contributed by atoms with E-state index in [1.807, 2.05) is 122 Å². The van der Waals surface area contributed by atoms with E-state index in [0.29, 0.717) is 22.8 Å². The van der Waals surface area contributed by atoms with E-state index in [9.17, 15) is 15.3 Å². The van der Waals surface area contributed by atoms with Crippen molar-refractivity contribution in [1.82, 2.24) is 5.10 Å². The number of aromatic nitrogens is 4. The molecule has 270 valence electrons. The summed E-state index contributed by atoms with van der Waals surface area (Å²) in [5.41, 5.74) is 6.60. The van der Waals surface area contributed by atoms with Crippen LogP contribution in [0.1, 0.15) is 22.7 Å². The van der Waals surface area contributed by atoms with E-state index < -0.39 is 0 Å². The van der Waals surface area contributed by atoms with Gasteiger partial charge in [-0.3, -0.25) is 0 Å². The molecule has 1 aliphatic heterocycles. The monoisotopic (exact) mass is 751 g/mol. The first-order valence-corrected chi connectivity index (χ1v) is 17.7. The zero-order valence-electron chi connectivity index (χ0n) is 33.9. The van der Waals surface area contributed by atoms with Gasteiger partial charge in [-0.2, -0.15) is 0 Å². The first kappa shape index (κ1) is 48.4. The third kappa shape index (κ3) is 12.3. The Kier molecular flexibility index (Phi) is 19.3. The Labute approximate surface area is 391 Å². The number of allylic oxidation sites excluding steroid dienone is 2. The molecule has 9 nitrogen and oxygen atoms in total. The number of rotatable bonds is 2. The minimum atomic E-state index is -0.107. The molecule has 13 heteroatoms. The van der Waals surface area contributed by atoms with Crippen LogP contribution in [0.2, 0.25) is 0 Å². The molecule has 0 spiro atoms. The average molecular weight is 752 g/mol. The second-order valence-corrected chi connectivity index (χ2v) is 12.8. The van der Waals surface area contributed by atoms with Crippen LogP contribution in [-0.4, -0.2) is 17.4 Å². The second kappa shape index (κ2) is 23.6. The average Bonchev–Trinajstić information content (AvgIpc) is 3.74. The van der Waals surface area contributed by atoms with Gasteiger partial charge in [-0.05, 0) is 65.1 Å². The first-order valence-electron chi connectivity index (χ1n) is 17.7. The van der Waals surface area contributed by atoms with Crippen LogP contribution in [0.4, 0.5) is 0 Å². The normalized spacial score (nSPS) is 13.8. The standard InChI is InChI=1S/C14H9N2O.C13H11NO.C10H9NO.C9H7NO.4Li/c1-3-7-11(8-4-1)13-15-16-14(17-13)12-9-5-2-6-10-12;15-12-7-3-6-11-10-5-2-1-4-9(10)8-14-13(11)12;1-7-5-6-8-3-2-4-9(12)10(8)11-7;11-8-5-1-3-7-4-2-6-10-9(7)8;;;;/h1-9H;1-8,11,13,15H;2-6,12H,1H3;1-6,11H;;;;/q-1;;;;4*+1/p+1. The van der Waals surface area contributed by atoms with Crippen molar-refractivity contribution in [1.29, 1.82) is 0 Å². The van der Waals surface area contributed by atoms with Crippen molar-refractivity contribution in [3.8, 4) is 34.4 Å². The maximum atomic E-state index is 11.6. The van der Waals surface area contributed by atoms with Crippen LogP contribution in [0.5, 0.6) is 11.5 Å². The number of aromatic amines is 3. The number of hydrogen-bond acceptors (Lipinski definition) is 5. The molecule has 0 fully saturated rings. The number of para-hydroxylation sites is 2. The number of fused-ring (bicyclic) bond motifs is 5. The second-order valence-electron chi connectivity index (χ2n) is 12.8. The van der Waals surface area contributed by atoms with Crippen LogP contribution >= 0.6 is 0 Å². The van der Waals surface area contributed by atoms with Crippen molar-refractivity contribution < 1.29 is 115 Å². The molecule has 2 aliphatic rings. The molecule has 0 radical (unpaired) electrons. The number of nitrogens with zero attached hydrogens (tertiary/aromatic N) is 1. The van der Waals surface area contributed by atoms with Gasteiger partial charge in [0.05, 0.1) is 5.92 Å². The topological polar surface area (TPSA) is 152 Å². The summed E-state index contributed by atoms with van der Waals surface area (Å²) in [6, 6.07) is 46.7. The van der Waals surface area contributed by atoms with Crippen molar-refractivity contribution in [3.63, 3.8) is 0 Å². The van der Waals surface area contributed by atoms with E-state index in [1.54, 1.807) is 36.5 Å². The van der Waals surface area contributed by atoms with Gasteiger partial charge in [0.2, 0.25) is 11.0 Å². The molecule has 0 saturated carbocycles. The van der Waals surface area contributed by atoms with E-state index in [4.69, 9.17) is 4.42 Å². The predicted molar refractivity (Wildman–Crippen MR) is 204 cm³/mol. The van der Waals surface area contributed by atoms with Crippen molar-refractivity contribution in [2.45, 2.75) is 18.9 Å². The molecule has 0 amide bonds. The fraction of sp³-hybridized carbons (Fsp3) is 0.0652. The van der Waals surface area contributed by atoms with E-state index in [-0.39, 0.29) is 105 Å². The minimum absolute atomic E-state index is 0. The minimum Gasteiger partial charge on any atom is -0.871 e. The SMILES string of the molecule is Cc1ccc2cccc([O-])c2[nH+]1.[Li+].[Li+].[Li+].[Li+].[O-]C1=CC=CC2c3ccccc3C=[NH+]C12.[O-]c1cccc2ccc[nH+]c12.[c-]1ccccc1-c1[nH+]nc(-c2ccccc2)o1. The smallest absolute Gasteiger partial charge is 0.871 e. The molecular formula is C46H37Li4N5O4+4. The summed E-state index contributed by atoms with van der Waals surface area (Å²) in [6.07, 6.45) is 9.26. The predicted octanol–water partition coefficient (Wildman–Crippen LogP) is -8.13. The fourth-order valence-corrected chi connectivity index (χ4v) is 6.25. The summed E-state index contributed by atoms with van der Waals surface area (Å²) < 4.78 is 5.66. The molecule has 8 aromatic rings. The van der Waals surface area contributed by atoms with Gasteiger partial charge in [0.1, 0.15) is 0 Å². The molecule has 59 heavy (non-hydrogen) atoms. The zero-order valence-corrected chi connectivity index (χ0v) is 33.9. The third-order valence-corrected chi connectivity index (χ3v) is 9.00. The van der Waals surface area contributed by atoms with E-state index >= 15 is 0 Å². The molecule has 2 atom stereocenters. The maximum absolute atomic E-state index is 11.6. The molecule has 4 heterocycles. The fourth-order valence-electron chi connectivity index (χ4n) is 6.25. The van der Waals surface area contributed by atoms with E-state index in [2.05, 4.69) is 49.4 Å². The van der Waals surface area contributed by atoms with Crippen LogP contribution in [0.25, 0.3) is 44.7 Å². The number of H-pyrrole nitrogens is 3. The summed E-state index contributed by atoms with van der Waals surface area (Å²) >= 11 is 0. The zero-order chi connectivity index (χ0) is 38.0. The van der Waals surface area contributed by atoms with Crippen LogP contribution in [0, 0.1) is 13.0 Å². The largest absolute Gasteiger partial charge is 1.00 e. The Hall–Kier alpha value is -5.00. The van der Waals surface area contributed by atoms with Crippen molar-refractivity contribution in [3.05, 3.63) is 193 Å².